The van der Waals surface area contributed by atoms with Crippen LogP contribution in [0.5, 0.6) is 0 Å². The van der Waals surface area contributed by atoms with Gasteiger partial charge in [0.2, 0.25) is 0 Å². The zero-order valence-corrected chi connectivity index (χ0v) is 15.2. The fourth-order valence-corrected chi connectivity index (χ4v) is 3.70. The van der Waals surface area contributed by atoms with Crippen LogP contribution in [0.15, 0.2) is 48.5 Å². The van der Waals surface area contributed by atoms with Gasteiger partial charge in [0, 0.05) is 6.54 Å². The fraction of sp³-hybridized carbons (Fsp3) is 0.400. The smallest absolute Gasteiger partial charge is 0.0819 e. The van der Waals surface area contributed by atoms with Crippen molar-refractivity contribution in [3.8, 4) is 0 Å². The molecule has 1 N–H and O–H groups in total. The summed E-state index contributed by atoms with van der Waals surface area (Å²) in [5.74, 6) is 0.287. The van der Waals surface area contributed by atoms with E-state index in [9.17, 15) is 5.11 Å². The molecule has 0 bridgehead atoms. The first kappa shape index (κ1) is 17.8. The molecule has 0 aromatic heterocycles. The van der Waals surface area contributed by atoms with Crippen LogP contribution in [0.1, 0.15) is 30.1 Å². The number of aliphatic hydroxyl groups excluding tert-OH is 1. The monoisotopic (exact) mass is 363 g/mol. The van der Waals surface area contributed by atoms with Gasteiger partial charge in [-0.1, -0.05) is 59.6 Å². The van der Waals surface area contributed by atoms with Crippen LogP contribution in [0.25, 0.3) is 0 Å². The van der Waals surface area contributed by atoms with Crippen molar-refractivity contribution < 1.29 is 5.11 Å². The molecule has 1 fully saturated rings. The summed E-state index contributed by atoms with van der Waals surface area (Å²) in [6, 6.07) is 16.0. The van der Waals surface area contributed by atoms with Crippen molar-refractivity contribution >= 4 is 23.2 Å². The molecule has 4 heteroatoms. The SMILES string of the molecule is OC(c1ccc(Cl)c(Cl)c1)C1CCN(CCc2ccccc2)CC1. The average molecular weight is 364 g/mol. The van der Waals surface area contributed by atoms with Gasteiger partial charge in [-0.15, -0.1) is 0 Å². The topological polar surface area (TPSA) is 23.5 Å². The van der Waals surface area contributed by atoms with Crippen LogP contribution in [0.2, 0.25) is 10.0 Å². The maximum Gasteiger partial charge on any atom is 0.0819 e. The van der Waals surface area contributed by atoms with Gasteiger partial charge in [-0.25, -0.2) is 0 Å². The minimum atomic E-state index is -0.462. The van der Waals surface area contributed by atoms with Gasteiger partial charge in [-0.3, -0.25) is 0 Å². The van der Waals surface area contributed by atoms with E-state index in [4.69, 9.17) is 23.2 Å². The molecule has 1 atom stereocenters. The standard InChI is InChI=1S/C20H23Cl2NO/c21-18-7-6-17(14-19(18)22)20(24)16-9-12-23(13-10-16)11-8-15-4-2-1-3-5-15/h1-7,14,16,20,24H,8-13H2. The molecule has 1 aliphatic heterocycles. The third-order valence-electron chi connectivity index (χ3n) is 4.92. The number of benzene rings is 2. The molecule has 1 saturated heterocycles. The number of piperidine rings is 1. The van der Waals surface area contributed by atoms with Crippen LogP contribution in [0, 0.1) is 5.92 Å². The van der Waals surface area contributed by atoms with Crippen molar-refractivity contribution in [3.63, 3.8) is 0 Å². The first-order chi connectivity index (χ1) is 11.6. The Morgan fingerprint density at radius 2 is 1.71 bits per heavy atom. The maximum atomic E-state index is 10.6. The number of rotatable bonds is 5. The molecule has 2 aromatic carbocycles. The van der Waals surface area contributed by atoms with Crippen LogP contribution in [-0.4, -0.2) is 29.6 Å². The molecule has 0 aliphatic carbocycles. The number of halogens is 2. The molecule has 2 aromatic rings. The highest BCUT2D eigenvalue weighted by molar-refractivity contribution is 6.42. The van der Waals surface area contributed by atoms with E-state index in [0.29, 0.717) is 10.0 Å². The van der Waals surface area contributed by atoms with Gasteiger partial charge in [0.1, 0.15) is 0 Å². The molecule has 0 amide bonds. The summed E-state index contributed by atoms with van der Waals surface area (Å²) in [6.07, 6.45) is 2.64. The minimum Gasteiger partial charge on any atom is -0.388 e. The number of aliphatic hydroxyl groups is 1. The second-order valence-corrected chi connectivity index (χ2v) is 7.35. The van der Waals surface area contributed by atoms with Crippen LogP contribution >= 0.6 is 23.2 Å². The van der Waals surface area contributed by atoms with Crippen molar-refractivity contribution in [1.82, 2.24) is 4.90 Å². The predicted octanol–water partition coefficient (Wildman–Crippen LogP) is 4.98. The maximum absolute atomic E-state index is 10.6. The van der Waals surface area contributed by atoms with Gasteiger partial charge in [-0.2, -0.15) is 0 Å². The zero-order chi connectivity index (χ0) is 16.9. The van der Waals surface area contributed by atoms with E-state index in [1.54, 1.807) is 12.1 Å². The Labute approximate surface area is 154 Å². The Bertz CT molecular complexity index is 654. The summed E-state index contributed by atoms with van der Waals surface area (Å²) in [4.78, 5) is 2.49. The molecule has 1 unspecified atom stereocenters. The van der Waals surface area contributed by atoms with Crippen molar-refractivity contribution in [3.05, 3.63) is 69.7 Å². The Morgan fingerprint density at radius 3 is 2.38 bits per heavy atom. The van der Waals surface area contributed by atoms with Crippen LogP contribution < -0.4 is 0 Å². The Balaban J connectivity index is 1.50. The van der Waals surface area contributed by atoms with Gasteiger partial charge in [-0.05, 0) is 61.5 Å². The van der Waals surface area contributed by atoms with E-state index in [1.165, 1.54) is 5.56 Å². The molecule has 3 rings (SSSR count). The van der Waals surface area contributed by atoms with Gasteiger partial charge >= 0.3 is 0 Å². The molecule has 1 heterocycles. The number of likely N-dealkylation sites (tertiary alicyclic amines) is 1. The number of nitrogens with zero attached hydrogens (tertiary/aromatic N) is 1. The number of hydrogen-bond donors (Lipinski definition) is 1. The van der Waals surface area contributed by atoms with Crippen LogP contribution in [-0.2, 0) is 6.42 Å². The molecule has 24 heavy (non-hydrogen) atoms. The van der Waals surface area contributed by atoms with E-state index in [1.807, 2.05) is 6.07 Å². The van der Waals surface area contributed by atoms with Gasteiger partial charge in [0.25, 0.3) is 0 Å². The van der Waals surface area contributed by atoms with Crippen molar-refractivity contribution in [2.75, 3.05) is 19.6 Å². The van der Waals surface area contributed by atoms with Crippen LogP contribution in [0.3, 0.4) is 0 Å². The average Bonchev–Trinajstić information content (AvgIpc) is 2.63. The molecular formula is C20H23Cl2NO. The van der Waals surface area contributed by atoms with E-state index in [-0.39, 0.29) is 5.92 Å². The quantitative estimate of drug-likeness (QED) is 0.809. The Hall–Kier alpha value is -1.06. The highest BCUT2D eigenvalue weighted by Crippen LogP contribution is 2.33. The molecule has 0 saturated carbocycles. The Morgan fingerprint density at radius 1 is 1.00 bits per heavy atom. The normalized spacial score (nSPS) is 17.8. The van der Waals surface area contributed by atoms with Gasteiger partial charge < -0.3 is 10.0 Å². The third kappa shape index (κ3) is 4.52. The van der Waals surface area contributed by atoms with E-state index >= 15 is 0 Å². The summed E-state index contributed by atoms with van der Waals surface area (Å²) in [6.45, 7) is 3.16. The predicted molar refractivity (Wildman–Crippen MR) is 101 cm³/mol. The molecule has 0 spiro atoms. The summed E-state index contributed by atoms with van der Waals surface area (Å²) in [5, 5.41) is 11.7. The van der Waals surface area contributed by atoms with E-state index in [0.717, 1.165) is 44.5 Å². The highest BCUT2D eigenvalue weighted by Gasteiger charge is 2.26. The molecule has 1 aliphatic rings. The summed E-state index contributed by atoms with van der Waals surface area (Å²) in [7, 11) is 0. The minimum absolute atomic E-state index is 0.287. The van der Waals surface area contributed by atoms with Crippen molar-refractivity contribution in [2.24, 2.45) is 5.92 Å². The first-order valence-electron chi connectivity index (χ1n) is 8.53. The van der Waals surface area contributed by atoms with Crippen LogP contribution in [0.4, 0.5) is 0 Å². The summed E-state index contributed by atoms with van der Waals surface area (Å²) < 4.78 is 0. The lowest BCUT2D eigenvalue weighted by atomic mass is 9.87. The molecule has 128 valence electrons. The van der Waals surface area contributed by atoms with Crippen molar-refractivity contribution in [1.29, 1.82) is 0 Å². The zero-order valence-electron chi connectivity index (χ0n) is 13.7. The largest absolute Gasteiger partial charge is 0.388 e. The van der Waals surface area contributed by atoms with Gasteiger partial charge in [0.05, 0.1) is 16.1 Å². The van der Waals surface area contributed by atoms with Gasteiger partial charge in [0.15, 0.2) is 0 Å². The molecule has 0 radical (unpaired) electrons. The number of hydrogen-bond acceptors (Lipinski definition) is 2. The first-order valence-corrected chi connectivity index (χ1v) is 9.28. The fourth-order valence-electron chi connectivity index (χ4n) is 3.39. The summed E-state index contributed by atoms with van der Waals surface area (Å²) >= 11 is 12.0. The van der Waals surface area contributed by atoms with E-state index < -0.39 is 6.10 Å². The molecular weight excluding hydrogens is 341 g/mol. The second-order valence-electron chi connectivity index (χ2n) is 6.53. The molecule has 2 nitrogen and oxygen atoms in total. The lowest BCUT2D eigenvalue weighted by Gasteiger charge is -2.34. The lowest BCUT2D eigenvalue weighted by Crippen LogP contribution is -2.36. The second kappa shape index (κ2) is 8.35. The Kier molecular flexibility index (Phi) is 6.18. The highest BCUT2D eigenvalue weighted by atomic mass is 35.5. The summed E-state index contributed by atoms with van der Waals surface area (Å²) in [5.41, 5.74) is 2.25. The lowest BCUT2D eigenvalue weighted by molar-refractivity contribution is 0.0592. The van der Waals surface area contributed by atoms with Crippen molar-refractivity contribution in [2.45, 2.75) is 25.4 Å². The van der Waals surface area contributed by atoms with E-state index in [2.05, 4.69) is 35.2 Å². The third-order valence-corrected chi connectivity index (χ3v) is 5.66.